The van der Waals surface area contributed by atoms with Gasteiger partial charge in [-0.3, -0.25) is 14.5 Å². The van der Waals surface area contributed by atoms with Crippen LogP contribution in [-0.4, -0.2) is 46.5 Å². The molecule has 2 aliphatic carbocycles. The van der Waals surface area contributed by atoms with E-state index in [9.17, 15) is 19.6 Å². The highest BCUT2D eigenvalue weighted by Gasteiger charge is 2.67. The molecule has 0 aromatic heterocycles. The first-order chi connectivity index (χ1) is 18.0. The normalized spacial score (nSPS) is 25.8. The molecule has 2 saturated carbocycles. The zero-order valence-corrected chi connectivity index (χ0v) is 21.6. The van der Waals surface area contributed by atoms with Crippen LogP contribution in [0.25, 0.3) is 11.1 Å². The van der Waals surface area contributed by atoms with E-state index in [-0.39, 0.29) is 23.9 Å². The molecule has 8 nitrogen and oxygen atoms in total. The number of carbonyl (C=O) groups excluding carboxylic acids is 3. The number of fused-ring (bicyclic) bond motifs is 5. The molecule has 1 heterocycles. The Morgan fingerprint density at radius 2 is 1.79 bits per heavy atom. The molecule has 3 aliphatic rings. The van der Waals surface area contributed by atoms with E-state index in [1.165, 1.54) is 6.07 Å². The second-order valence-electron chi connectivity index (χ2n) is 11.5. The SMILES string of the molecule is CC(C)(C)OC(=O)N1[C@H](C(=O)N[C@H](C#N)Cc2ccc(-c3ccc(C(N)=O)cc3)cc2F)[C@@H]2C[C@H]1[C@H]1C[C@@H]21. The number of piperidine rings is 1. The van der Waals surface area contributed by atoms with Gasteiger partial charge in [0.05, 0.1) is 6.07 Å². The van der Waals surface area contributed by atoms with Crippen molar-refractivity contribution in [2.24, 2.45) is 23.5 Å². The molecule has 1 aliphatic heterocycles. The predicted octanol–water partition coefficient (Wildman–Crippen LogP) is 3.79. The average molecular weight is 519 g/mol. The maximum Gasteiger partial charge on any atom is 0.411 e. The number of benzene rings is 2. The average Bonchev–Trinajstić information content (AvgIpc) is 3.47. The van der Waals surface area contributed by atoms with E-state index in [0.717, 1.165) is 12.8 Å². The number of hydrogen-bond donors (Lipinski definition) is 2. The van der Waals surface area contributed by atoms with Crippen molar-refractivity contribution in [3.05, 3.63) is 59.4 Å². The molecule has 198 valence electrons. The van der Waals surface area contributed by atoms with Gasteiger partial charge in [-0.05, 0) is 86.3 Å². The number of carbonyl (C=O) groups is 3. The number of rotatable bonds is 6. The number of primary amides is 1. The number of ether oxygens (including phenoxy) is 1. The molecule has 6 atom stereocenters. The molecule has 9 heteroatoms. The Labute approximate surface area is 220 Å². The van der Waals surface area contributed by atoms with E-state index in [2.05, 4.69) is 11.4 Å². The van der Waals surface area contributed by atoms with E-state index in [4.69, 9.17) is 10.5 Å². The van der Waals surface area contributed by atoms with Gasteiger partial charge in [-0.15, -0.1) is 0 Å². The molecular formula is C29H31FN4O4. The Kier molecular flexibility index (Phi) is 6.38. The van der Waals surface area contributed by atoms with Crippen molar-refractivity contribution < 1.29 is 23.5 Å². The highest BCUT2D eigenvalue weighted by Crippen LogP contribution is 2.63. The van der Waals surface area contributed by atoms with Crippen molar-refractivity contribution in [3.63, 3.8) is 0 Å². The zero-order valence-electron chi connectivity index (χ0n) is 21.6. The van der Waals surface area contributed by atoms with Gasteiger partial charge in [-0.1, -0.05) is 24.3 Å². The molecule has 0 spiro atoms. The summed E-state index contributed by atoms with van der Waals surface area (Å²) >= 11 is 0. The van der Waals surface area contributed by atoms with E-state index >= 15 is 4.39 Å². The van der Waals surface area contributed by atoms with Gasteiger partial charge in [0.25, 0.3) is 0 Å². The zero-order chi connectivity index (χ0) is 27.4. The summed E-state index contributed by atoms with van der Waals surface area (Å²) in [6, 6.07) is 11.6. The third kappa shape index (κ3) is 4.83. The Morgan fingerprint density at radius 1 is 1.11 bits per heavy atom. The summed E-state index contributed by atoms with van der Waals surface area (Å²) in [5.41, 5.74) is 6.54. The molecule has 38 heavy (non-hydrogen) atoms. The Balaban J connectivity index is 1.28. The molecule has 5 rings (SSSR count). The third-order valence-corrected chi connectivity index (χ3v) is 7.84. The first kappa shape index (κ1) is 25.7. The fraction of sp³-hybridized carbons (Fsp3) is 0.448. The molecule has 3 amide bonds. The van der Waals surface area contributed by atoms with Gasteiger partial charge in [0.2, 0.25) is 11.8 Å². The summed E-state index contributed by atoms with van der Waals surface area (Å²) in [6.07, 6.45) is 1.24. The minimum Gasteiger partial charge on any atom is -0.444 e. The maximum absolute atomic E-state index is 15.0. The summed E-state index contributed by atoms with van der Waals surface area (Å²) in [4.78, 5) is 39.3. The summed E-state index contributed by atoms with van der Waals surface area (Å²) in [5.74, 6) is -0.549. The minimum atomic E-state index is -0.965. The summed E-state index contributed by atoms with van der Waals surface area (Å²) in [7, 11) is 0. The van der Waals surface area contributed by atoms with Crippen molar-refractivity contribution in [3.8, 4) is 17.2 Å². The fourth-order valence-electron chi connectivity index (χ4n) is 6.10. The number of nitrogens with two attached hydrogens (primary N) is 1. The smallest absolute Gasteiger partial charge is 0.411 e. The first-order valence-electron chi connectivity index (χ1n) is 12.9. The first-order valence-corrected chi connectivity index (χ1v) is 12.9. The number of halogens is 1. The molecule has 2 aromatic carbocycles. The van der Waals surface area contributed by atoms with Crippen LogP contribution in [0.3, 0.4) is 0 Å². The lowest BCUT2D eigenvalue weighted by atomic mass is 9.95. The molecule has 2 aromatic rings. The highest BCUT2D eigenvalue weighted by atomic mass is 19.1. The minimum absolute atomic E-state index is 0.0156. The van der Waals surface area contributed by atoms with Crippen molar-refractivity contribution in [2.75, 3.05) is 0 Å². The van der Waals surface area contributed by atoms with Gasteiger partial charge >= 0.3 is 6.09 Å². The molecule has 3 fully saturated rings. The number of nitrogens with one attached hydrogen (secondary N) is 1. The number of hydrogen-bond acceptors (Lipinski definition) is 5. The van der Waals surface area contributed by atoms with Crippen molar-refractivity contribution in [1.82, 2.24) is 10.2 Å². The lowest BCUT2D eigenvalue weighted by Crippen LogP contribution is -2.56. The summed E-state index contributed by atoms with van der Waals surface area (Å²) < 4.78 is 20.6. The van der Waals surface area contributed by atoms with Gasteiger partial charge in [-0.25, -0.2) is 9.18 Å². The molecule has 0 unspecified atom stereocenters. The third-order valence-electron chi connectivity index (χ3n) is 7.84. The molecule has 2 bridgehead atoms. The van der Waals surface area contributed by atoms with Crippen LogP contribution in [0.4, 0.5) is 9.18 Å². The van der Waals surface area contributed by atoms with Crippen LogP contribution in [0.15, 0.2) is 42.5 Å². The van der Waals surface area contributed by atoms with Crippen molar-refractivity contribution in [2.45, 2.75) is 63.8 Å². The molecular weight excluding hydrogens is 487 g/mol. The van der Waals surface area contributed by atoms with Crippen LogP contribution in [-0.2, 0) is 16.0 Å². The van der Waals surface area contributed by atoms with E-state index in [0.29, 0.717) is 28.5 Å². The van der Waals surface area contributed by atoms with Crippen LogP contribution in [0.2, 0.25) is 0 Å². The van der Waals surface area contributed by atoms with Crippen LogP contribution in [0.1, 0.15) is 49.5 Å². The monoisotopic (exact) mass is 518 g/mol. The number of nitrogens with zero attached hydrogens (tertiary/aromatic N) is 2. The van der Waals surface area contributed by atoms with Gasteiger partial charge < -0.3 is 15.8 Å². The van der Waals surface area contributed by atoms with Gasteiger partial charge in [-0.2, -0.15) is 5.26 Å². The standard InChI is InChI=1S/C29H31FN4O4/c1-29(2,3)38-28(37)34-24-13-22(20-12-21(20)24)25(34)27(36)33-19(14-31)10-18-9-8-17(11-23(18)30)15-4-6-16(7-5-15)26(32)35/h4-9,11,19-22,24-25H,10,12-13H2,1-3H3,(H2,32,35)(H,33,36)/t19-,20+,21-,22+,24-,25-/m0/s1. The van der Waals surface area contributed by atoms with E-state index < -0.39 is 41.4 Å². The Hall–Kier alpha value is -3.93. The van der Waals surface area contributed by atoms with Gasteiger partial charge in [0.15, 0.2) is 0 Å². The van der Waals surface area contributed by atoms with Crippen LogP contribution < -0.4 is 11.1 Å². The fourth-order valence-corrected chi connectivity index (χ4v) is 6.10. The second kappa shape index (κ2) is 9.43. The Bertz CT molecular complexity index is 1330. The molecule has 3 N–H and O–H groups in total. The van der Waals surface area contributed by atoms with Crippen molar-refractivity contribution in [1.29, 1.82) is 5.26 Å². The van der Waals surface area contributed by atoms with E-state index in [1.54, 1.807) is 62.1 Å². The number of nitriles is 1. The lowest BCUT2D eigenvalue weighted by molar-refractivity contribution is -0.128. The van der Waals surface area contributed by atoms with Crippen LogP contribution in [0, 0.1) is 34.9 Å². The predicted molar refractivity (Wildman–Crippen MR) is 137 cm³/mol. The van der Waals surface area contributed by atoms with Crippen LogP contribution >= 0.6 is 0 Å². The molecule has 0 radical (unpaired) electrons. The number of amides is 3. The summed E-state index contributed by atoms with van der Waals surface area (Å²) in [5, 5.41) is 12.5. The summed E-state index contributed by atoms with van der Waals surface area (Å²) in [6.45, 7) is 5.36. The van der Waals surface area contributed by atoms with Crippen LogP contribution in [0.5, 0.6) is 0 Å². The van der Waals surface area contributed by atoms with Gasteiger partial charge in [0.1, 0.15) is 23.5 Å². The molecule has 1 saturated heterocycles. The topological polar surface area (TPSA) is 126 Å². The highest BCUT2D eigenvalue weighted by molar-refractivity contribution is 5.93. The van der Waals surface area contributed by atoms with Gasteiger partial charge in [0, 0.05) is 18.0 Å². The Morgan fingerprint density at radius 3 is 2.39 bits per heavy atom. The lowest BCUT2D eigenvalue weighted by Gasteiger charge is -2.35. The number of likely N-dealkylation sites (tertiary alicyclic amines) is 1. The largest absolute Gasteiger partial charge is 0.444 e. The van der Waals surface area contributed by atoms with E-state index in [1.807, 2.05) is 0 Å². The maximum atomic E-state index is 15.0. The van der Waals surface area contributed by atoms with Crippen molar-refractivity contribution >= 4 is 17.9 Å². The second-order valence-corrected chi connectivity index (χ2v) is 11.5. The quantitative estimate of drug-likeness (QED) is 0.602.